The Balaban J connectivity index is 3.75. The Morgan fingerprint density at radius 1 is 1.00 bits per heavy atom. The lowest BCUT2D eigenvalue weighted by Gasteiger charge is -2.21. The molecule has 0 bridgehead atoms. The molecule has 0 spiro atoms. The molecule has 4 unspecified atom stereocenters. The van der Waals surface area contributed by atoms with Crippen molar-refractivity contribution in [3.8, 4) is 0 Å². The molecule has 4 heteroatoms. The Kier molecular flexibility index (Phi) is 5.41. The Bertz CT molecular complexity index is 116. The highest BCUT2D eigenvalue weighted by Gasteiger charge is 2.20. The maximum absolute atomic E-state index is 9.31. The number of hydrogen-bond donors (Lipinski definition) is 4. The van der Waals surface area contributed by atoms with E-state index in [4.69, 9.17) is 15.3 Å². The smallest absolute Gasteiger partial charge is 0.0821 e. The van der Waals surface area contributed by atoms with Crippen LogP contribution < -0.4 is 0 Å². The van der Waals surface area contributed by atoms with Gasteiger partial charge >= 0.3 is 0 Å². The molecule has 4 nitrogen and oxygen atoms in total. The van der Waals surface area contributed by atoms with Gasteiger partial charge in [-0.3, -0.25) is 0 Å². The van der Waals surface area contributed by atoms with Crippen molar-refractivity contribution in [3.05, 3.63) is 0 Å². The third-order valence-electron chi connectivity index (χ3n) is 1.98. The lowest BCUT2D eigenvalue weighted by Crippen LogP contribution is -2.31. The van der Waals surface area contributed by atoms with Gasteiger partial charge in [-0.2, -0.15) is 0 Å². The van der Waals surface area contributed by atoms with Gasteiger partial charge in [0.15, 0.2) is 0 Å². The van der Waals surface area contributed by atoms with Gasteiger partial charge in [-0.15, -0.1) is 0 Å². The summed E-state index contributed by atoms with van der Waals surface area (Å²) >= 11 is 0. The van der Waals surface area contributed by atoms with Gasteiger partial charge in [-0.25, -0.2) is 0 Å². The van der Waals surface area contributed by atoms with Gasteiger partial charge in [-0.1, -0.05) is 6.92 Å². The largest absolute Gasteiger partial charge is 0.396 e. The number of aliphatic hydroxyl groups excluding tert-OH is 4. The number of rotatable bonds is 5. The fourth-order valence-electron chi connectivity index (χ4n) is 0.798. The molecule has 0 saturated heterocycles. The molecular weight excluding hydrogens is 160 g/mol. The van der Waals surface area contributed by atoms with Crippen LogP contribution in [-0.2, 0) is 0 Å². The molecule has 0 aromatic carbocycles. The Morgan fingerprint density at radius 2 is 1.50 bits per heavy atom. The van der Waals surface area contributed by atoms with Crippen LogP contribution >= 0.6 is 0 Å². The van der Waals surface area contributed by atoms with Gasteiger partial charge < -0.3 is 20.4 Å². The monoisotopic (exact) mass is 178 g/mol. The molecule has 0 amide bonds. The predicted octanol–water partition coefficient (Wildman–Crippen LogP) is -0.893. The average Bonchev–Trinajstić information content (AvgIpc) is 2.02. The van der Waals surface area contributed by atoms with Crippen LogP contribution in [0.1, 0.15) is 20.3 Å². The zero-order chi connectivity index (χ0) is 9.72. The molecule has 4 atom stereocenters. The molecule has 0 aromatic heterocycles. The van der Waals surface area contributed by atoms with Gasteiger partial charge in [0.1, 0.15) is 0 Å². The van der Waals surface area contributed by atoms with E-state index < -0.39 is 18.3 Å². The summed E-state index contributed by atoms with van der Waals surface area (Å²) in [5, 5.41) is 36.0. The highest BCUT2D eigenvalue weighted by molar-refractivity contribution is 4.71. The minimum absolute atomic E-state index is 0.0966. The second kappa shape index (κ2) is 5.48. The lowest BCUT2D eigenvalue weighted by molar-refractivity contribution is -0.0220. The molecular formula is C8H18O4. The van der Waals surface area contributed by atoms with E-state index in [0.29, 0.717) is 0 Å². The Morgan fingerprint density at radius 3 is 1.83 bits per heavy atom. The summed E-state index contributed by atoms with van der Waals surface area (Å²) in [6, 6.07) is 0. The van der Waals surface area contributed by atoms with Crippen LogP contribution in [0.25, 0.3) is 0 Å². The van der Waals surface area contributed by atoms with Gasteiger partial charge in [0.25, 0.3) is 0 Å². The van der Waals surface area contributed by atoms with E-state index in [1.165, 1.54) is 6.92 Å². The van der Waals surface area contributed by atoms with Crippen molar-refractivity contribution in [3.63, 3.8) is 0 Å². The molecule has 0 rings (SSSR count). The summed E-state index contributed by atoms with van der Waals surface area (Å²) in [7, 11) is 0. The maximum Gasteiger partial charge on any atom is 0.0821 e. The van der Waals surface area contributed by atoms with Gasteiger partial charge in [0.2, 0.25) is 0 Å². The second-order valence-electron chi connectivity index (χ2n) is 3.27. The summed E-state index contributed by atoms with van der Waals surface area (Å²) < 4.78 is 0. The van der Waals surface area contributed by atoms with Gasteiger partial charge in [-0.05, 0) is 6.92 Å². The van der Waals surface area contributed by atoms with E-state index in [1.807, 2.05) is 0 Å². The van der Waals surface area contributed by atoms with E-state index in [2.05, 4.69) is 0 Å². The van der Waals surface area contributed by atoms with E-state index in [1.54, 1.807) is 6.92 Å². The van der Waals surface area contributed by atoms with Crippen molar-refractivity contribution in [2.75, 3.05) is 6.61 Å². The summed E-state index contributed by atoms with van der Waals surface area (Å²) in [5.41, 5.74) is 0. The number of hydrogen-bond acceptors (Lipinski definition) is 4. The lowest BCUT2D eigenvalue weighted by atomic mass is 9.98. The molecule has 12 heavy (non-hydrogen) atoms. The molecule has 0 aliphatic heterocycles. The van der Waals surface area contributed by atoms with Crippen LogP contribution in [0.15, 0.2) is 0 Å². The summed E-state index contributed by atoms with van der Waals surface area (Å²) in [4.78, 5) is 0. The van der Waals surface area contributed by atoms with Crippen LogP contribution in [0.4, 0.5) is 0 Å². The molecule has 0 aliphatic carbocycles. The van der Waals surface area contributed by atoms with Crippen molar-refractivity contribution < 1.29 is 20.4 Å². The average molecular weight is 178 g/mol. The van der Waals surface area contributed by atoms with E-state index in [0.717, 1.165) is 0 Å². The SMILES string of the molecule is CC(O)C(O)CC(O)C(C)CO. The standard InChI is InChI=1S/C8H18O4/c1-5(4-9)7(11)3-8(12)6(2)10/h5-12H,3-4H2,1-2H3. The molecule has 4 N–H and O–H groups in total. The molecule has 74 valence electrons. The first-order valence-corrected chi connectivity index (χ1v) is 4.14. The fraction of sp³-hybridized carbons (Fsp3) is 1.00. The van der Waals surface area contributed by atoms with Gasteiger partial charge in [0.05, 0.1) is 18.3 Å². The maximum atomic E-state index is 9.31. The molecule has 0 fully saturated rings. The van der Waals surface area contributed by atoms with Crippen LogP contribution in [0.5, 0.6) is 0 Å². The van der Waals surface area contributed by atoms with Crippen molar-refractivity contribution in [2.45, 2.75) is 38.6 Å². The van der Waals surface area contributed by atoms with Crippen LogP contribution in [0.2, 0.25) is 0 Å². The summed E-state index contributed by atoms with van der Waals surface area (Å²) in [5.74, 6) is -0.265. The number of aliphatic hydroxyl groups is 4. The predicted molar refractivity (Wildman–Crippen MR) is 44.6 cm³/mol. The van der Waals surface area contributed by atoms with Crippen molar-refractivity contribution in [1.29, 1.82) is 0 Å². The van der Waals surface area contributed by atoms with E-state index >= 15 is 0 Å². The fourth-order valence-corrected chi connectivity index (χ4v) is 0.798. The third-order valence-corrected chi connectivity index (χ3v) is 1.98. The quantitative estimate of drug-likeness (QED) is 0.440. The molecule has 0 radical (unpaired) electrons. The molecule has 0 aromatic rings. The van der Waals surface area contributed by atoms with Crippen molar-refractivity contribution >= 4 is 0 Å². The zero-order valence-corrected chi connectivity index (χ0v) is 7.51. The summed E-state index contributed by atoms with van der Waals surface area (Å²) in [6.45, 7) is 3.02. The van der Waals surface area contributed by atoms with Crippen molar-refractivity contribution in [1.82, 2.24) is 0 Å². The first-order chi connectivity index (χ1) is 5.49. The Labute approximate surface area is 72.5 Å². The van der Waals surface area contributed by atoms with Crippen LogP contribution in [0.3, 0.4) is 0 Å². The normalized spacial score (nSPS) is 21.5. The molecule has 0 aliphatic rings. The highest BCUT2D eigenvalue weighted by Crippen LogP contribution is 2.10. The highest BCUT2D eigenvalue weighted by atomic mass is 16.3. The third kappa shape index (κ3) is 4.01. The zero-order valence-electron chi connectivity index (χ0n) is 7.51. The Hall–Kier alpha value is -0.160. The van der Waals surface area contributed by atoms with E-state index in [9.17, 15) is 5.11 Å². The molecule has 0 heterocycles. The van der Waals surface area contributed by atoms with Crippen molar-refractivity contribution in [2.24, 2.45) is 5.92 Å². The minimum Gasteiger partial charge on any atom is -0.396 e. The molecule has 0 saturated carbocycles. The summed E-state index contributed by atoms with van der Waals surface area (Å²) in [6.07, 6.45) is -2.43. The van der Waals surface area contributed by atoms with Crippen LogP contribution in [0, 0.1) is 5.92 Å². The van der Waals surface area contributed by atoms with Gasteiger partial charge in [0, 0.05) is 18.9 Å². The van der Waals surface area contributed by atoms with Crippen LogP contribution in [-0.4, -0.2) is 45.3 Å². The topological polar surface area (TPSA) is 80.9 Å². The van der Waals surface area contributed by atoms with E-state index in [-0.39, 0.29) is 18.9 Å². The first-order valence-electron chi connectivity index (χ1n) is 4.14. The second-order valence-corrected chi connectivity index (χ2v) is 3.27. The minimum atomic E-state index is -0.922. The first kappa shape index (κ1) is 11.8.